The van der Waals surface area contributed by atoms with Crippen LogP contribution in [-0.2, 0) is 14.3 Å². The molecule has 0 atom stereocenters. The maximum atomic E-state index is 11.9. The predicted octanol–water partition coefficient (Wildman–Crippen LogP) is 4.04. The summed E-state index contributed by atoms with van der Waals surface area (Å²) in [5, 5.41) is 0. The zero-order chi connectivity index (χ0) is 15.3. The van der Waals surface area contributed by atoms with Crippen LogP contribution in [0.15, 0.2) is 24.5 Å². The molecule has 0 aliphatic rings. The number of ether oxygens (including phenoxy) is 2. The monoisotopic (exact) mass is 268 g/mol. The van der Waals surface area contributed by atoms with Gasteiger partial charge in [0.1, 0.15) is 11.2 Å². The number of hydrogen-bond donors (Lipinski definition) is 0. The molecule has 3 heteroatoms. The number of Topliss-reactive ketones (excluding diaryl/α,β-unsaturated/α-hetero) is 1. The minimum Gasteiger partial charge on any atom is -0.493 e. The van der Waals surface area contributed by atoms with Crippen LogP contribution in [0.2, 0.25) is 0 Å². The van der Waals surface area contributed by atoms with Crippen LogP contribution in [0.3, 0.4) is 0 Å². The Kier molecular flexibility index (Phi) is 6.50. The van der Waals surface area contributed by atoms with Gasteiger partial charge in [-0.25, -0.2) is 0 Å². The Balaban J connectivity index is 4.32. The van der Waals surface area contributed by atoms with Crippen LogP contribution in [-0.4, -0.2) is 23.6 Å². The Morgan fingerprint density at radius 1 is 1.16 bits per heavy atom. The molecule has 0 amide bonds. The van der Waals surface area contributed by atoms with Gasteiger partial charge in [-0.3, -0.25) is 4.79 Å². The van der Waals surface area contributed by atoms with E-state index >= 15 is 0 Å². The zero-order valence-electron chi connectivity index (χ0n) is 13.3. The molecule has 0 fully saturated rings. The van der Waals surface area contributed by atoms with Crippen LogP contribution < -0.4 is 0 Å². The molecule has 0 rings (SSSR count). The quantitative estimate of drug-likeness (QED) is 0.468. The molecule has 0 bridgehead atoms. The van der Waals surface area contributed by atoms with E-state index in [0.29, 0.717) is 18.6 Å². The van der Waals surface area contributed by atoms with Gasteiger partial charge >= 0.3 is 0 Å². The molecule has 0 saturated carbocycles. The van der Waals surface area contributed by atoms with Crippen LogP contribution in [0.4, 0.5) is 0 Å². The van der Waals surface area contributed by atoms with Gasteiger partial charge in [-0.2, -0.15) is 0 Å². The molecule has 0 heterocycles. The molecule has 0 aromatic carbocycles. The van der Waals surface area contributed by atoms with E-state index in [2.05, 4.69) is 13.2 Å². The molecule has 0 radical (unpaired) electrons. The second-order valence-electron chi connectivity index (χ2n) is 5.97. The predicted molar refractivity (Wildman–Crippen MR) is 79.1 cm³/mol. The van der Waals surface area contributed by atoms with Crippen molar-refractivity contribution >= 4 is 5.78 Å². The van der Waals surface area contributed by atoms with E-state index < -0.39 is 5.60 Å². The molecule has 0 aromatic rings. The Hall–Kier alpha value is -1.09. The number of hydrogen-bond acceptors (Lipinski definition) is 3. The first-order valence-electron chi connectivity index (χ1n) is 6.73. The van der Waals surface area contributed by atoms with Crippen molar-refractivity contribution in [3.05, 3.63) is 24.5 Å². The van der Waals surface area contributed by atoms with Crippen molar-refractivity contribution < 1.29 is 14.3 Å². The minimum absolute atomic E-state index is 0.0656. The first-order valence-corrected chi connectivity index (χ1v) is 6.73. The van der Waals surface area contributed by atoms with Crippen LogP contribution in [0.5, 0.6) is 0 Å². The third kappa shape index (κ3) is 6.58. The highest BCUT2D eigenvalue weighted by molar-refractivity contribution is 6.00. The van der Waals surface area contributed by atoms with Gasteiger partial charge in [0, 0.05) is 12.8 Å². The van der Waals surface area contributed by atoms with E-state index in [4.69, 9.17) is 9.47 Å². The Morgan fingerprint density at radius 2 is 1.68 bits per heavy atom. The summed E-state index contributed by atoms with van der Waals surface area (Å²) >= 11 is 0. The number of rotatable bonds is 9. The highest BCUT2D eigenvalue weighted by Crippen LogP contribution is 2.22. The second-order valence-corrected chi connectivity index (χ2v) is 5.97. The average Bonchev–Trinajstić information content (AvgIpc) is 2.26. The van der Waals surface area contributed by atoms with Gasteiger partial charge in [0.2, 0.25) is 0 Å². The molecule has 0 spiro atoms. The Labute approximate surface area is 117 Å². The van der Waals surface area contributed by atoms with E-state index in [9.17, 15) is 4.79 Å². The summed E-state index contributed by atoms with van der Waals surface area (Å²) in [4.78, 5) is 11.9. The summed E-state index contributed by atoms with van der Waals surface area (Å²) in [6, 6.07) is 0. The Bertz CT molecular complexity index is 351. The van der Waals surface area contributed by atoms with E-state index in [1.807, 2.05) is 20.8 Å². The summed E-state index contributed by atoms with van der Waals surface area (Å²) in [5.41, 5.74) is -0.654. The maximum absolute atomic E-state index is 11.9. The van der Waals surface area contributed by atoms with Crippen LogP contribution in [0.1, 0.15) is 54.4 Å². The molecule has 110 valence electrons. The molecule has 19 heavy (non-hydrogen) atoms. The summed E-state index contributed by atoms with van der Waals surface area (Å²) in [6.07, 6.45) is 1.49. The van der Waals surface area contributed by atoms with Gasteiger partial charge in [-0.15, -0.1) is 0 Å². The van der Waals surface area contributed by atoms with Crippen molar-refractivity contribution in [2.75, 3.05) is 6.61 Å². The van der Waals surface area contributed by atoms with Crippen LogP contribution in [0, 0.1) is 0 Å². The fourth-order valence-corrected chi connectivity index (χ4v) is 1.65. The summed E-state index contributed by atoms with van der Waals surface area (Å²) in [7, 11) is 0. The first kappa shape index (κ1) is 17.9. The smallest absolute Gasteiger partial charge is 0.189 e. The average molecular weight is 268 g/mol. The summed E-state index contributed by atoms with van der Waals surface area (Å²) in [6.45, 7) is 19.2. The van der Waals surface area contributed by atoms with Gasteiger partial charge in [-0.1, -0.05) is 20.1 Å². The van der Waals surface area contributed by atoms with Crippen molar-refractivity contribution in [2.24, 2.45) is 0 Å². The van der Waals surface area contributed by atoms with Crippen molar-refractivity contribution in [3.63, 3.8) is 0 Å². The molecule has 0 unspecified atom stereocenters. The van der Waals surface area contributed by atoms with Crippen molar-refractivity contribution in [3.8, 4) is 0 Å². The number of allylic oxidation sites excluding steroid dienone is 1. The van der Waals surface area contributed by atoms with Crippen molar-refractivity contribution in [2.45, 2.75) is 65.6 Å². The third-order valence-electron chi connectivity index (χ3n) is 2.92. The lowest BCUT2D eigenvalue weighted by atomic mass is 9.98. The molecule has 0 N–H and O–H groups in total. The topological polar surface area (TPSA) is 35.5 Å². The number of carbonyl (C=O) groups is 1. The van der Waals surface area contributed by atoms with Gasteiger partial charge < -0.3 is 9.47 Å². The van der Waals surface area contributed by atoms with E-state index in [-0.39, 0.29) is 11.4 Å². The summed E-state index contributed by atoms with van der Waals surface area (Å²) < 4.78 is 11.4. The van der Waals surface area contributed by atoms with Crippen molar-refractivity contribution in [1.29, 1.82) is 0 Å². The minimum atomic E-state index is -0.830. The largest absolute Gasteiger partial charge is 0.493 e. The first-order chi connectivity index (χ1) is 8.52. The maximum Gasteiger partial charge on any atom is 0.189 e. The highest BCUT2D eigenvalue weighted by atomic mass is 16.5. The molecular formula is C16H28O3. The fraction of sp³-hybridized carbons (Fsp3) is 0.688. The lowest BCUT2D eigenvalue weighted by Gasteiger charge is -2.30. The number of ketones is 1. The number of carbonyl (C=O) groups excluding carboxylic acids is 1. The van der Waals surface area contributed by atoms with Crippen molar-refractivity contribution in [1.82, 2.24) is 0 Å². The molecule has 0 aliphatic heterocycles. The summed E-state index contributed by atoms with van der Waals surface area (Å²) in [5.74, 6) is 0.700. The van der Waals surface area contributed by atoms with Gasteiger partial charge in [0.15, 0.2) is 5.78 Å². The Morgan fingerprint density at radius 3 is 2.11 bits per heavy atom. The normalized spacial score (nSPS) is 12.1. The van der Waals surface area contributed by atoms with E-state index in [0.717, 1.165) is 12.2 Å². The standard InChI is InChI=1S/C16H28O3/c1-9-13(4)19-15(5,6)10-11-18-16(7,8)14(17)12(2)3/h2,4,9-11H2,1,3,5-8H3. The molecule has 0 aromatic heterocycles. The van der Waals surface area contributed by atoms with Crippen LogP contribution >= 0.6 is 0 Å². The molecule has 0 aliphatic carbocycles. The van der Waals surface area contributed by atoms with Crippen LogP contribution in [0.25, 0.3) is 0 Å². The third-order valence-corrected chi connectivity index (χ3v) is 2.92. The molecule has 3 nitrogen and oxygen atoms in total. The molecule has 0 saturated heterocycles. The van der Waals surface area contributed by atoms with E-state index in [1.54, 1.807) is 20.8 Å². The lowest BCUT2D eigenvalue weighted by molar-refractivity contribution is -0.138. The fourth-order valence-electron chi connectivity index (χ4n) is 1.65. The SMILES string of the molecule is C=C(CC)OC(C)(C)CCOC(C)(C)C(=O)C(=C)C. The van der Waals surface area contributed by atoms with Gasteiger partial charge in [0.25, 0.3) is 0 Å². The van der Waals surface area contributed by atoms with Gasteiger partial charge in [0.05, 0.1) is 12.4 Å². The second kappa shape index (κ2) is 6.90. The highest BCUT2D eigenvalue weighted by Gasteiger charge is 2.30. The lowest BCUT2D eigenvalue weighted by Crippen LogP contribution is -2.37. The van der Waals surface area contributed by atoms with E-state index in [1.165, 1.54) is 0 Å². The van der Waals surface area contributed by atoms with Gasteiger partial charge in [-0.05, 0) is 40.2 Å². The molecular weight excluding hydrogens is 240 g/mol. The zero-order valence-corrected chi connectivity index (χ0v) is 13.3.